The lowest BCUT2D eigenvalue weighted by Gasteiger charge is -2.31. The number of nitriles is 1. The fourth-order valence-corrected chi connectivity index (χ4v) is 2.74. The molecule has 3 unspecified atom stereocenters. The Morgan fingerprint density at radius 2 is 2.06 bits per heavy atom. The molecule has 17 heavy (non-hydrogen) atoms. The predicted octanol–water partition coefficient (Wildman–Crippen LogP) is 2.62. The van der Waals surface area contributed by atoms with Gasteiger partial charge >= 0.3 is 0 Å². The van der Waals surface area contributed by atoms with Crippen molar-refractivity contribution in [2.45, 2.75) is 70.1 Å². The van der Waals surface area contributed by atoms with Crippen LogP contribution in [-0.2, 0) is 4.74 Å². The van der Waals surface area contributed by atoms with Crippen molar-refractivity contribution in [3.8, 4) is 6.07 Å². The van der Waals surface area contributed by atoms with Crippen molar-refractivity contribution in [1.82, 2.24) is 5.32 Å². The third-order valence-corrected chi connectivity index (χ3v) is 4.01. The van der Waals surface area contributed by atoms with E-state index < -0.39 is 0 Å². The number of nitrogens with zero attached hydrogens (tertiary/aromatic N) is 1. The van der Waals surface area contributed by atoms with E-state index in [0.717, 1.165) is 0 Å². The quantitative estimate of drug-likeness (QED) is 0.771. The number of hydrogen-bond donors (Lipinski definition) is 1. The highest BCUT2D eigenvalue weighted by atomic mass is 16.5. The van der Waals surface area contributed by atoms with Crippen LogP contribution in [0.2, 0.25) is 0 Å². The number of ether oxygens (including phenoxy) is 1. The fraction of sp³-hybridized carbons (Fsp3) is 0.929. The lowest BCUT2D eigenvalue weighted by molar-refractivity contribution is -0.0164. The molecule has 0 spiro atoms. The Morgan fingerprint density at radius 1 is 1.29 bits per heavy atom. The van der Waals surface area contributed by atoms with Gasteiger partial charge in [0.1, 0.15) is 6.04 Å². The summed E-state index contributed by atoms with van der Waals surface area (Å²) in [6, 6.07) is 2.78. The summed E-state index contributed by atoms with van der Waals surface area (Å²) >= 11 is 0. The number of nitrogens with one attached hydrogen (secondary N) is 1. The van der Waals surface area contributed by atoms with Gasteiger partial charge in [0.25, 0.3) is 0 Å². The van der Waals surface area contributed by atoms with Crippen LogP contribution in [0, 0.1) is 17.2 Å². The zero-order valence-electron chi connectivity index (χ0n) is 10.8. The summed E-state index contributed by atoms with van der Waals surface area (Å²) in [5, 5.41) is 12.4. The van der Waals surface area contributed by atoms with E-state index >= 15 is 0 Å². The van der Waals surface area contributed by atoms with Gasteiger partial charge in [-0.2, -0.15) is 5.26 Å². The van der Waals surface area contributed by atoms with Gasteiger partial charge in [0.15, 0.2) is 0 Å². The van der Waals surface area contributed by atoms with Crippen LogP contribution in [0.15, 0.2) is 0 Å². The molecule has 96 valence electrons. The minimum atomic E-state index is -0.109. The van der Waals surface area contributed by atoms with Crippen molar-refractivity contribution in [2.24, 2.45) is 5.92 Å². The molecular weight excluding hydrogens is 212 g/mol. The second kappa shape index (κ2) is 6.37. The van der Waals surface area contributed by atoms with E-state index in [9.17, 15) is 0 Å². The molecule has 2 rings (SSSR count). The van der Waals surface area contributed by atoms with Crippen molar-refractivity contribution < 1.29 is 4.74 Å². The Bertz CT molecular complexity index is 270. The van der Waals surface area contributed by atoms with Gasteiger partial charge in [-0.1, -0.05) is 26.2 Å². The summed E-state index contributed by atoms with van der Waals surface area (Å²) in [5.41, 5.74) is 0. The fourth-order valence-electron chi connectivity index (χ4n) is 2.74. The highest BCUT2D eigenvalue weighted by Crippen LogP contribution is 2.29. The highest BCUT2D eigenvalue weighted by molar-refractivity contribution is 4.96. The third-order valence-electron chi connectivity index (χ3n) is 4.01. The first kappa shape index (κ1) is 12.9. The molecule has 0 aromatic rings. The van der Waals surface area contributed by atoms with E-state index in [4.69, 9.17) is 10.00 Å². The van der Waals surface area contributed by atoms with Crippen molar-refractivity contribution in [3.63, 3.8) is 0 Å². The summed E-state index contributed by atoms with van der Waals surface area (Å²) in [5.74, 6) is 0.712. The number of rotatable bonds is 6. The molecule has 0 saturated heterocycles. The molecule has 2 aliphatic carbocycles. The van der Waals surface area contributed by atoms with Gasteiger partial charge in [-0.15, -0.1) is 0 Å². The normalized spacial score (nSPS) is 30.8. The van der Waals surface area contributed by atoms with Gasteiger partial charge in [-0.25, -0.2) is 0 Å². The van der Waals surface area contributed by atoms with Crippen molar-refractivity contribution >= 4 is 0 Å². The lowest BCUT2D eigenvalue weighted by atomic mass is 9.85. The van der Waals surface area contributed by atoms with Crippen molar-refractivity contribution in [1.29, 1.82) is 5.26 Å². The maximum Gasteiger partial charge on any atom is 0.119 e. The van der Waals surface area contributed by atoms with Gasteiger partial charge in [0.2, 0.25) is 0 Å². The Balaban J connectivity index is 1.72. The first-order valence-electron chi connectivity index (χ1n) is 7.10. The Morgan fingerprint density at radius 3 is 2.71 bits per heavy atom. The highest BCUT2D eigenvalue weighted by Gasteiger charge is 2.27. The maximum absolute atomic E-state index is 9.06. The Labute approximate surface area is 105 Å². The van der Waals surface area contributed by atoms with E-state index in [-0.39, 0.29) is 6.04 Å². The van der Waals surface area contributed by atoms with Gasteiger partial charge in [-0.3, -0.25) is 5.32 Å². The van der Waals surface area contributed by atoms with E-state index in [1.54, 1.807) is 0 Å². The molecule has 0 aliphatic heterocycles. The van der Waals surface area contributed by atoms with Gasteiger partial charge in [0, 0.05) is 6.04 Å². The van der Waals surface area contributed by atoms with E-state index in [1.165, 1.54) is 44.9 Å². The molecule has 0 bridgehead atoms. The average Bonchev–Trinajstić information content (AvgIpc) is 3.18. The van der Waals surface area contributed by atoms with E-state index in [0.29, 0.717) is 24.7 Å². The lowest BCUT2D eigenvalue weighted by Crippen LogP contribution is -2.37. The van der Waals surface area contributed by atoms with Crippen LogP contribution in [0.3, 0.4) is 0 Å². The summed E-state index contributed by atoms with van der Waals surface area (Å²) in [6.45, 7) is 2.81. The van der Waals surface area contributed by atoms with Gasteiger partial charge in [0.05, 0.1) is 18.8 Å². The average molecular weight is 236 g/mol. The topological polar surface area (TPSA) is 45.0 Å². The van der Waals surface area contributed by atoms with E-state index in [1.807, 2.05) is 0 Å². The molecule has 2 fully saturated rings. The first-order chi connectivity index (χ1) is 8.33. The summed E-state index contributed by atoms with van der Waals surface area (Å²) in [4.78, 5) is 0. The standard InChI is InChI=1S/C14H24N2O/c1-2-11-5-3-4-6-14(11)17-10-13(9-15)16-12-7-8-12/h11-14,16H,2-8,10H2,1H3. The summed E-state index contributed by atoms with van der Waals surface area (Å²) in [6.07, 6.45) is 9.16. The molecule has 3 atom stereocenters. The maximum atomic E-state index is 9.06. The van der Waals surface area contributed by atoms with Crippen LogP contribution in [0.1, 0.15) is 51.9 Å². The second-order valence-electron chi connectivity index (χ2n) is 5.45. The third kappa shape index (κ3) is 3.97. The molecular formula is C14H24N2O. The van der Waals surface area contributed by atoms with Crippen molar-refractivity contribution in [3.05, 3.63) is 0 Å². The SMILES string of the molecule is CCC1CCCCC1OCC(C#N)NC1CC1. The zero-order valence-corrected chi connectivity index (χ0v) is 10.8. The largest absolute Gasteiger partial charge is 0.375 e. The van der Waals surface area contributed by atoms with Crippen LogP contribution < -0.4 is 5.32 Å². The summed E-state index contributed by atoms with van der Waals surface area (Å²) < 4.78 is 5.98. The van der Waals surface area contributed by atoms with Crippen LogP contribution in [0.25, 0.3) is 0 Å². The Hall–Kier alpha value is -0.590. The smallest absolute Gasteiger partial charge is 0.119 e. The molecule has 0 aromatic carbocycles. The van der Waals surface area contributed by atoms with Crippen LogP contribution in [0.5, 0.6) is 0 Å². The minimum absolute atomic E-state index is 0.109. The molecule has 0 radical (unpaired) electrons. The van der Waals surface area contributed by atoms with Crippen molar-refractivity contribution in [2.75, 3.05) is 6.61 Å². The molecule has 3 nitrogen and oxygen atoms in total. The summed E-state index contributed by atoms with van der Waals surface area (Å²) in [7, 11) is 0. The molecule has 2 aliphatic rings. The molecule has 0 aromatic heterocycles. The number of hydrogen-bond acceptors (Lipinski definition) is 3. The molecule has 2 saturated carbocycles. The van der Waals surface area contributed by atoms with Crippen LogP contribution >= 0.6 is 0 Å². The Kier molecular flexibility index (Phi) is 4.82. The monoisotopic (exact) mass is 236 g/mol. The molecule has 0 heterocycles. The zero-order chi connectivity index (χ0) is 12.1. The van der Waals surface area contributed by atoms with Gasteiger partial charge in [-0.05, 0) is 31.6 Å². The van der Waals surface area contributed by atoms with Crippen LogP contribution in [-0.4, -0.2) is 24.8 Å². The molecule has 3 heteroatoms. The molecule has 0 amide bonds. The minimum Gasteiger partial charge on any atom is -0.375 e. The van der Waals surface area contributed by atoms with Crippen LogP contribution in [0.4, 0.5) is 0 Å². The van der Waals surface area contributed by atoms with E-state index in [2.05, 4.69) is 18.3 Å². The van der Waals surface area contributed by atoms with Gasteiger partial charge < -0.3 is 4.74 Å². The first-order valence-corrected chi connectivity index (χ1v) is 7.10. The predicted molar refractivity (Wildman–Crippen MR) is 67.5 cm³/mol. The second-order valence-corrected chi connectivity index (χ2v) is 5.45. The molecule has 1 N–H and O–H groups in total.